The molecule has 1 aliphatic carbocycles. The molecular formula is C20H20N4O2. The second-order valence-electron chi connectivity index (χ2n) is 6.77. The lowest BCUT2D eigenvalue weighted by molar-refractivity contribution is -0.109. The van der Waals surface area contributed by atoms with Crippen LogP contribution in [0.5, 0.6) is 5.75 Å². The zero-order valence-electron chi connectivity index (χ0n) is 14.7. The lowest BCUT2D eigenvalue weighted by Crippen LogP contribution is -2.18. The largest absolute Gasteiger partial charge is 0.495 e. The minimum atomic E-state index is -0.188. The third kappa shape index (κ3) is 2.60. The number of ether oxygens (including phenoxy) is 1. The number of allylic oxidation sites excluding steroid dienone is 1. The highest BCUT2D eigenvalue weighted by Gasteiger charge is 2.29. The van der Waals surface area contributed by atoms with Crippen molar-refractivity contribution in [1.29, 1.82) is 5.26 Å². The Balaban J connectivity index is 1.96. The molecule has 2 aromatic rings. The molecule has 1 fully saturated rings. The summed E-state index contributed by atoms with van der Waals surface area (Å²) in [5.41, 5.74) is 2.95. The molecule has 1 aliphatic heterocycles. The Bertz CT molecular complexity index is 958. The highest BCUT2D eigenvalue weighted by Crippen LogP contribution is 2.37. The molecule has 0 saturated heterocycles. The molecule has 132 valence electrons. The van der Waals surface area contributed by atoms with Crippen LogP contribution < -0.4 is 4.74 Å². The van der Waals surface area contributed by atoms with E-state index in [1.165, 1.54) is 12.8 Å². The van der Waals surface area contributed by atoms with Crippen LogP contribution in [0.15, 0.2) is 29.4 Å². The predicted octanol–water partition coefficient (Wildman–Crippen LogP) is 3.21. The molecule has 1 saturated carbocycles. The van der Waals surface area contributed by atoms with Crippen LogP contribution in [0.3, 0.4) is 0 Å². The van der Waals surface area contributed by atoms with Crippen molar-refractivity contribution in [3.63, 3.8) is 0 Å². The number of aromatic nitrogens is 2. The van der Waals surface area contributed by atoms with Crippen LogP contribution in [-0.4, -0.2) is 35.2 Å². The number of aldehydes is 1. The second kappa shape index (κ2) is 6.75. The number of nitriles is 1. The SMILES string of the molecule is COc1cnc2c(c1)c(C#N)c(C1=NCC(C=O)C=C1)n2C1CCCC1. The molecule has 6 heteroatoms. The Morgan fingerprint density at radius 2 is 2.19 bits per heavy atom. The van der Waals surface area contributed by atoms with Crippen LogP contribution in [0.1, 0.15) is 43.0 Å². The van der Waals surface area contributed by atoms with Gasteiger partial charge in [-0.2, -0.15) is 5.26 Å². The highest BCUT2D eigenvalue weighted by molar-refractivity contribution is 6.13. The van der Waals surface area contributed by atoms with Gasteiger partial charge in [-0.15, -0.1) is 0 Å². The molecule has 0 radical (unpaired) electrons. The summed E-state index contributed by atoms with van der Waals surface area (Å²) in [4.78, 5) is 20.2. The molecule has 3 heterocycles. The summed E-state index contributed by atoms with van der Waals surface area (Å²) in [7, 11) is 1.59. The van der Waals surface area contributed by atoms with E-state index in [9.17, 15) is 10.1 Å². The summed E-state index contributed by atoms with van der Waals surface area (Å²) in [5, 5.41) is 10.7. The summed E-state index contributed by atoms with van der Waals surface area (Å²) < 4.78 is 7.49. The smallest absolute Gasteiger partial charge is 0.142 e. The van der Waals surface area contributed by atoms with E-state index >= 15 is 0 Å². The number of nitrogens with zero attached hydrogens (tertiary/aromatic N) is 4. The van der Waals surface area contributed by atoms with Gasteiger partial charge in [0.25, 0.3) is 0 Å². The number of rotatable bonds is 4. The van der Waals surface area contributed by atoms with Gasteiger partial charge in [0.1, 0.15) is 23.8 Å². The molecule has 0 spiro atoms. The van der Waals surface area contributed by atoms with E-state index in [0.717, 1.165) is 41.6 Å². The van der Waals surface area contributed by atoms with E-state index in [1.807, 2.05) is 18.2 Å². The van der Waals surface area contributed by atoms with Gasteiger partial charge in [0.2, 0.25) is 0 Å². The molecule has 0 aromatic carbocycles. The molecule has 2 aromatic heterocycles. The fourth-order valence-electron chi connectivity index (χ4n) is 3.94. The Hall–Kier alpha value is -2.94. The monoisotopic (exact) mass is 348 g/mol. The Morgan fingerprint density at radius 3 is 2.81 bits per heavy atom. The third-order valence-corrected chi connectivity index (χ3v) is 5.25. The van der Waals surface area contributed by atoms with Gasteiger partial charge < -0.3 is 14.1 Å². The molecule has 0 N–H and O–H groups in total. The summed E-state index contributed by atoms with van der Waals surface area (Å²) >= 11 is 0. The van der Waals surface area contributed by atoms with E-state index < -0.39 is 0 Å². The average Bonchev–Trinajstić information content (AvgIpc) is 3.32. The van der Waals surface area contributed by atoms with E-state index in [-0.39, 0.29) is 5.92 Å². The van der Waals surface area contributed by atoms with Gasteiger partial charge in [-0.3, -0.25) is 4.99 Å². The quantitative estimate of drug-likeness (QED) is 0.795. The highest BCUT2D eigenvalue weighted by atomic mass is 16.5. The predicted molar refractivity (Wildman–Crippen MR) is 98.6 cm³/mol. The normalized spacial score (nSPS) is 20.2. The first-order chi connectivity index (χ1) is 12.8. The molecule has 26 heavy (non-hydrogen) atoms. The van der Waals surface area contributed by atoms with Crippen molar-refractivity contribution in [2.75, 3.05) is 13.7 Å². The maximum absolute atomic E-state index is 11.0. The molecule has 6 nitrogen and oxygen atoms in total. The van der Waals surface area contributed by atoms with Gasteiger partial charge in [0.05, 0.1) is 42.7 Å². The minimum Gasteiger partial charge on any atom is -0.495 e. The van der Waals surface area contributed by atoms with Crippen molar-refractivity contribution in [2.45, 2.75) is 31.7 Å². The van der Waals surface area contributed by atoms with E-state index in [1.54, 1.807) is 13.3 Å². The standard InChI is InChI=1S/C20H20N4O2/c1-26-15-8-16-17(9-21)19(18-7-6-13(12-25)10-22-18)24(20(16)23-11-15)14-4-2-3-5-14/h6-8,11-14H,2-5,10H2,1H3. The second-order valence-corrected chi connectivity index (χ2v) is 6.77. The molecule has 0 bridgehead atoms. The van der Waals surface area contributed by atoms with Crippen molar-refractivity contribution in [1.82, 2.24) is 9.55 Å². The fraction of sp³-hybridized carbons (Fsp3) is 0.400. The van der Waals surface area contributed by atoms with Crippen LogP contribution >= 0.6 is 0 Å². The minimum absolute atomic E-state index is 0.188. The van der Waals surface area contributed by atoms with Gasteiger partial charge in [0.15, 0.2) is 0 Å². The van der Waals surface area contributed by atoms with Crippen LogP contribution in [0.4, 0.5) is 0 Å². The third-order valence-electron chi connectivity index (χ3n) is 5.25. The molecule has 1 unspecified atom stereocenters. The number of hydrogen-bond acceptors (Lipinski definition) is 5. The first-order valence-electron chi connectivity index (χ1n) is 8.93. The first kappa shape index (κ1) is 16.5. The van der Waals surface area contributed by atoms with Crippen molar-refractivity contribution in [2.24, 2.45) is 10.9 Å². The van der Waals surface area contributed by atoms with E-state index in [0.29, 0.717) is 23.9 Å². The Morgan fingerprint density at radius 1 is 1.38 bits per heavy atom. The van der Waals surface area contributed by atoms with Gasteiger partial charge >= 0.3 is 0 Å². The molecule has 1 atom stereocenters. The number of methoxy groups -OCH3 is 1. The molecule has 4 rings (SSSR count). The van der Waals surface area contributed by atoms with Crippen LogP contribution in [0, 0.1) is 17.2 Å². The number of dihydropyridines is 1. The molecule has 2 aliphatic rings. The fourth-order valence-corrected chi connectivity index (χ4v) is 3.94. The first-order valence-corrected chi connectivity index (χ1v) is 8.93. The van der Waals surface area contributed by atoms with Crippen molar-refractivity contribution in [3.05, 3.63) is 35.7 Å². The Kier molecular flexibility index (Phi) is 4.29. The number of carbonyl (C=O) groups excluding carboxylic acids is 1. The van der Waals surface area contributed by atoms with Gasteiger partial charge in [0, 0.05) is 11.4 Å². The lowest BCUT2D eigenvalue weighted by Gasteiger charge is -2.19. The van der Waals surface area contributed by atoms with Crippen LogP contribution in [-0.2, 0) is 4.79 Å². The summed E-state index contributed by atoms with van der Waals surface area (Å²) in [6, 6.07) is 4.54. The van der Waals surface area contributed by atoms with Crippen molar-refractivity contribution >= 4 is 23.0 Å². The maximum atomic E-state index is 11.0. The molecular weight excluding hydrogens is 328 g/mol. The lowest BCUT2D eigenvalue weighted by atomic mass is 10.0. The number of aliphatic imine (C=N–C) groups is 1. The number of hydrogen-bond donors (Lipinski definition) is 0. The zero-order chi connectivity index (χ0) is 18.1. The van der Waals surface area contributed by atoms with E-state index in [2.05, 4.69) is 20.6 Å². The zero-order valence-corrected chi connectivity index (χ0v) is 14.7. The number of fused-ring (bicyclic) bond motifs is 1. The van der Waals surface area contributed by atoms with Gasteiger partial charge in [-0.05, 0) is 25.0 Å². The van der Waals surface area contributed by atoms with Crippen molar-refractivity contribution < 1.29 is 9.53 Å². The van der Waals surface area contributed by atoms with Gasteiger partial charge in [-0.25, -0.2) is 4.98 Å². The van der Waals surface area contributed by atoms with Gasteiger partial charge in [-0.1, -0.05) is 18.9 Å². The molecule has 0 amide bonds. The topological polar surface area (TPSA) is 80.3 Å². The summed E-state index contributed by atoms with van der Waals surface area (Å²) in [6.45, 7) is 0.420. The average molecular weight is 348 g/mol. The number of carbonyl (C=O) groups is 1. The van der Waals surface area contributed by atoms with E-state index in [4.69, 9.17) is 4.74 Å². The summed E-state index contributed by atoms with van der Waals surface area (Å²) in [5.74, 6) is 0.443. The van der Waals surface area contributed by atoms with Crippen LogP contribution in [0.2, 0.25) is 0 Å². The Labute approximate surface area is 151 Å². The van der Waals surface area contributed by atoms with Crippen LogP contribution in [0.25, 0.3) is 11.0 Å². The summed E-state index contributed by atoms with van der Waals surface area (Å²) in [6.07, 6.45) is 10.8. The maximum Gasteiger partial charge on any atom is 0.142 e. The number of pyridine rings is 1. The van der Waals surface area contributed by atoms with Crippen molar-refractivity contribution in [3.8, 4) is 11.8 Å².